The summed E-state index contributed by atoms with van der Waals surface area (Å²) >= 11 is 0. The number of benzene rings is 1. The van der Waals surface area contributed by atoms with Crippen LogP contribution in [0.15, 0.2) is 43.0 Å². The molecule has 0 spiro atoms. The highest BCUT2D eigenvalue weighted by Gasteiger charge is 2.20. The number of aliphatic hydroxyl groups is 1. The second-order valence-corrected chi connectivity index (χ2v) is 6.52. The SMILES string of the molecule is CCOC(=O)c1cn([C@H](CCOc2ccc3c(ccn3C)c2)[C@H](C)O)cn1. The molecule has 1 aromatic carbocycles. The molecule has 0 unspecified atom stereocenters. The maximum absolute atomic E-state index is 11.8. The van der Waals surface area contributed by atoms with Gasteiger partial charge in [0.1, 0.15) is 5.75 Å². The summed E-state index contributed by atoms with van der Waals surface area (Å²) in [5, 5.41) is 11.3. The number of imidazole rings is 1. The first-order chi connectivity index (χ1) is 13.0. The van der Waals surface area contributed by atoms with Gasteiger partial charge in [0.05, 0.1) is 31.7 Å². The van der Waals surface area contributed by atoms with E-state index in [0.29, 0.717) is 19.6 Å². The molecule has 2 heterocycles. The van der Waals surface area contributed by atoms with E-state index in [1.165, 1.54) is 0 Å². The predicted octanol–water partition coefficient (Wildman–Crippen LogP) is 2.94. The fourth-order valence-electron chi connectivity index (χ4n) is 3.11. The van der Waals surface area contributed by atoms with Crippen molar-refractivity contribution in [3.05, 3.63) is 48.7 Å². The van der Waals surface area contributed by atoms with Crippen molar-refractivity contribution in [2.75, 3.05) is 13.2 Å². The van der Waals surface area contributed by atoms with E-state index in [2.05, 4.69) is 9.55 Å². The molecule has 0 aliphatic heterocycles. The summed E-state index contributed by atoms with van der Waals surface area (Å²) in [5.74, 6) is 0.323. The van der Waals surface area contributed by atoms with Crippen LogP contribution in [0.4, 0.5) is 0 Å². The third kappa shape index (κ3) is 4.31. The summed E-state index contributed by atoms with van der Waals surface area (Å²) < 4.78 is 14.6. The van der Waals surface area contributed by atoms with Gasteiger partial charge in [-0.1, -0.05) is 0 Å². The summed E-state index contributed by atoms with van der Waals surface area (Å²) in [6.45, 7) is 4.19. The van der Waals surface area contributed by atoms with Gasteiger partial charge in [-0.05, 0) is 38.1 Å². The molecule has 2 atom stereocenters. The molecule has 7 nitrogen and oxygen atoms in total. The maximum atomic E-state index is 11.8. The number of aryl methyl sites for hydroxylation is 1. The molecule has 3 rings (SSSR count). The number of carbonyl (C=O) groups excluding carboxylic acids is 1. The van der Waals surface area contributed by atoms with Gasteiger partial charge >= 0.3 is 5.97 Å². The Morgan fingerprint density at radius 1 is 1.33 bits per heavy atom. The van der Waals surface area contributed by atoms with E-state index in [9.17, 15) is 9.90 Å². The maximum Gasteiger partial charge on any atom is 0.358 e. The molecule has 0 bridgehead atoms. The van der Waals surface area contributed by atoms with Gasteiger partial charge in [-0.3, -0.25) is 0 Å². The minimum absolute atomic E-state index is 0.234. The zero-order valence-electron chi connectivity index (χ0n) is 15.8. The third-order valence-electron chi connectivity index (χ3n) is 4.56. The zero-order chi connectivity index (χ0) is 19.4. The average molecular weight is 371 g/mol. The van der Waals surface area contributed by atoms with Gasteiger partial charge in [0.25, 0.3) is 0 Å². The number of fused-ring (bicyclic) bond motifs is 1. The highest BCUT2D eigenvalue weighted by Crippen LogP contribution is 2.23. The molecule has 144 valence electrons. The lowest BCUT2D eigenvalue weighted by molar-refractivity contribution is 0.0519. The van der Waals surface area contributed by atoms with E-state index >= 15 is 0 Å². The lowest BCUT2D eigenvalue weighted by Crippen LogP contribution is -2.22. The van der Waals surface area contributed by atoms with Gasteiger partial charge in [0.2, 0.25) is 0 Å². The van der Waals surface area contributed by atoms with Crippen LogP contribution < -0.4 is 4.74 Å². The summed E-state index contributed by atoms with van der Waals surface area (Å²) in [6.07, 6.45) is 5.11. The molecule has 0 amide bonds. The lowest BCUT2D eigenvalue weighted by atomic mass is 10.1. The van der Waals surface area contributed by atoms with Gasteiger partial charge in [0.15, 0.2) is 5.69 Å². The van der Waals surface area contributed by atoms with Crippen molar-refractivity contribution in [2.24, 2.45) is 7.05 Å². The molecular weight excluding hydrogens is 346 g/mol. The Balaban J connectivity index is 1.63. The van der Waals surface area contributed by atoms with E-state index in [1.807, 2.05) is 37.5 Å². The first-order valence-electron chi connectivity index (χ1n) is 9.06. The van der Waals surface area contributed by atoms with Gasteiger partial charge in [-0.2, -0.15) is 0 Å². The normalized spacial score (nSPS) is 13.5. The summed E-state index contributed by atoms with van der Waals surface area (Å²) in [4.78, 5) is 15.8. The molecule has 0 aliphatic carbocycles. The number of rotatable bonds is 8. The van der Waals surface area contributed by atoms with Gasteiger partial charge in [0, 0.05) is 36.8 Å². The molecular formula is C20H25N3O4. The van der Waals surface area contributed by atoms with Crippen molar-refractivity contribution in [1.82, 2.24) is 14.1 Å². The van der Waals surface area contributed by atoms with E-state index in [1.54, 1.807) is 30.9 Å². The van der Waals surface area contributed by atoms with Gasteiger partial charge < -0.3 is 23.7 Å². The number of hydrogen-bond acceptors (Lipinski definition) is 5. The quantitative estimate of drug-likeness (QED) is 0.616. The van der Waals surface area contributed by atoms with Crippen LogP contribution in [0.2, 0.25) is 0 Å². The average Bonchev–Trinajstić information content (AvgIpc) is 3.26. The van der Waals surface area contributed by atoms with Crippen LogP contribution in [0.1, 0.15) is 36.8 Å². The zero-order valence-corrected chi connectivity index (χ0v) is 15.8. The number of aliphatic hydroxyl groups excluding tert-OH is 1. The summed E-state index contributed by atoms with van der Waals surface area (Å²) in [5.41, 5.74) is 1.38. The molecule has 27 heavy (non-hydrogen) atoms. The highest BCUT2D eigenvalue weighted by atomic mass is 16.5. The summed E-state index contributed by atoms with van der Waals surface area (Å²) in [6, 6.07) is 7.77. The molecule has 0 fully saturated rings. The second-order valence-electron chi connectivity index (χ2n) is 6.52. The molecule has 0 radical (unpaired) electrons. The van der Waals surface area contributed by atoms with Crippen LogP contribution >= 0.6 is 0 Å². The minimum Gasteiger partial charge on any atom is -0.493 e. The third-order valence-corrected chi connectivity index (χ3v) is 4.56. The topological polar surface area (TPSA) is 78.5 Å². The largest absolute Gasteiger partial charge is 0.493 e. The van der Waals surface area contributed by atoms with Crippen molar-refractivity contribution < 1.29 is 19.4 Å². The Bertz CT molecular complexity index is 913. The highest BCUT2D eigenvalue weighted by molar-refractivity contribution is 5.86. The Hall–Kier alpha value is -2.80. The van der Waals surface area contributed by atoms with Crippen LogP contribution in [0.25, 0.3) is 10.9 Å². The molecule has 2 aromatic heterocycles. The molecule has 0 saturated carbocycles. The standard InChI is InChI=1S/C20H25N3O4/c1-4-26-20(25)17-12-23(13-21-17)18(14(2)24)8-10-27-16-5-6-19-15(11-16)7-9-22(19)3/h5-7,9,11-14,18,24H,4,8,10H2,1-3H3/t14-,18+/m0/s1. The molecule has 0 saturated heterocycles. The lowest BCUT2D eigenvalue weighted by Gasteiger charge is -2.21. The minimum atomic E-state index is -0.616. The monoisotopic (exact) mass is 371 g/mol. The van der Waals surface area contributed by atoms with Crippen LogP contribution in [-0.2, 0) is 11.8 Å². The number of carbonyl (C=O) groups is 1. The number of ether oxygens (including phenoxy) is 2. The fraction of sp³-hybridized carbons (Fsp3) is 0.400. The first-order valence-corrected chi connectivity index (χ1v) is 9.06. The van der Waals surface area contributed by atoms with E-state index in [0.717, 1.165) is 16.7 Å². The Labute approximate surface area is 158 Å². The molecule has 3 aromatic rings. The van der Waals surface area contributed by atoms with Gasteiger partial charge in [-0.25, -0.2) is 9.78 Å². The van der Waals surface area contributed by atoms with Crippen LogP contribution in [0, 0.1) is 0 Å². The molecule has 1 N–H and O–H groups in total. The number of nitrogens with zero attached hydrogens (tertiary/aromatic N) is 3. The molecule has 0 aliphatic rings. The number of aromatic nitrogens is 3. The van der Waals surface area contributed by atoms with Crippen LogP contribution in [0.3, 0.4) is 0 Å². The smallest absolute Gasteiger partial charge is 0.358 e. The van der Waals surface area contributed by atoms with E-state index < -0.39 is 12.1 Å². The predicted molar refractivity (Wildman–Crippen MR) is 102 cm³/mol. The Morgan fingerprint density at radius 2 is 2.15 bits per heavy atom. The van der Waals surface area contributed by atoms with E-state index in [-0.39, 0.29) is 11.7 Å². The molecule has 7 heteroatoms. The Morgan fingerprint density at radius 3 is 2.89 bits per heavy atom. The van der Waals surface area contributed by atoms with Crippen molar-refractivity contribution in [3.63, 3.8) is 0 Å². The number of esters is 1. The Kier molecular flexibility index (Phi) is 5.81. The number of hydrogen-bond donors (Lipinski definition) is 1. The van der Waals surface area contributed by atoms with Gasteiger partial charge in [-0.15, -0.1) is 0 Å². The van der Waals surface area contributed by atoms with Crippen molar-refractivity contribution >= 4 is 16.9 Å². The van der Waals surface area contributed by atoms with E-state index in [4.69, 9.17) is 9.47 Å². The van der Waals surface area contributed by atoms with Crippen molar-refractivity contribution in [3.8, 4) is 5.75 Å². The fourth-order valence-corrected chi connectivity index (χ4v) is 3.11. The van der Waals surface area contributed by atoms with Crippen LogP contribution in [0.5, 0.6) is 5.75 Å². The summed E-state index contributed by atoms with van der Waals surface area (Å²) in [7, 11) is 2.01. The van der Waals surface area contributed by atoms with Crippen molar-refractivity contribution in [2.45, 2.75) is 32.4 Å². The first kappa shape index (κ1) is 19.0. The van der Waals surface area contributed by atoms with Crippen LogP contribution in [-0.4, -0.2) is 44.5 Å². The van der Waals surface area contributed by atoms with Crippen molar-refractivity contribution in [1.29, 1.82) is 0 Å². The second kappa shape index (κ2) is 8.26.